The molecule has 0 aliphatic carbocycles. The predicted molar refractivity (Wildman–Crippen MR) is 173 cm³/mol. The van der Waals surface area contributed by atoms with Crippen LogP contribution in [-0.2, 0) is 19.0 Å². The van der Waals surface area contributed by atoms with E-state index in [1.165, 1.54) is 6.08 Å². The van der Waals surface area contributed by atoms with E-state index < -0.39 is 35.8 Å². The second kappa shape index (κ2) is 18.4. The summed E-state index contributed by atoms with van der Waals surface area (Å²) in [4.78, 5) is 19.6. The van der Waals surface area contributed by atoms with Crippen molar-refractivity contribution >= 4 is 34.9 Å². The minimum atomic E-state index is -4.88. The lowest BCUT2D eigenvalue weighted by atomic mass is 9.88. The number of rotatable bonds is 12. The summed E-state index contributed by atoms with van der Waals surface area (Å²) in [6.07, 6.45) is 0.369. The molecule has 0 aromatic heterocycles. The van der Waals surface area contributed by atoms with Crippen LogP contribution in [0.1, 0.15) is 73.0 Å². The molecule has 0 spiro atoms. The van der Waals surface area contributed by atoms with Gasteiger partial charge in [0.25, 0.3) is 0 Å². The van der Waals surface area contributed by atoms with Crippen molar-refractivity contribution in [3.05, 3.63) is 82.1 Å². The summed E-state index contributed by atoms with van der Waals surface area (Å²) < 4.78 is 53.3. The first-order valence-corrected chi connectivity index (χ1v) is 15.6. The Kier molecular flexibility index (Phi) is 16.5. The van der Waals surface area contributed by atoms with Crippen molar-refractivity contribution < 1.29 is 32.2 Å². The number of esters is 1. The fourth-order valence-corrected chi connectivity index (χ4v) is 5.42. The van der Waals surface area contributed by atoms with Gasteiger partial charge < -0.3 is 14.2 Å². The van der Waals surface area contributed by atoms with E-state index in [1.807, 2.05) is 58.6 Å². The highest BCUT2D eigenvalue weighted by atomic mass is 35.5. The number of dihydropyridines is 1. The normalized spacial score (nSPS) is 19.9. The van der Waals surface area contributed by atoms with Crippen LogP contribution in [0.15, 0.2) is 71.5 Å². The Morgan fingerprint density at radius 1 is 1.16 bits per heavy atom. The minimum Gasteiger partial charge on any atom is -0.465 e. The lowest BCUT2D eigenvalue weighted by Gasteiger charge is -2.33. The molecule has 2 aliphatic rings. The Hall–Kier alpha value is -2.59. The SMILES string of the molecule is C=C(/C=C\C(=C)C(C(=O)OCC)N(CC)CCC1(C)OC(c2cc(Cl)cc(Cl)c2)C2=CCCN=C21)OC(F)(F)F.CC.CC. The first kappa shape index (κ1) is 39.4. The van der Waals surface area contributed by atoms with Crippen LogP contribution in [0.5, 0.6) is 0 Å². The predicted octanol–water partition coefficient (Wildman–Crippen LogP) is 9.45. The van der Waals surface area contributed by atoms with Crippen molar-refractivity contribution in [2.24, 2.45) is 4.99 Å². The molecule has 246 valence electrons. The maximum atomic E-state index is 13.0. The molecule has 6 nitrogen and oxygen atoms in total. The van der Waals surface area contributed by atoms with Crippen molar-refractivity contribution in [2.75, 3.05) is 26.2 Å². The van der Waals surface area contributed by atoms with E-state index in [0.717, 1.165) is 29.3 Å². The van der Waals surface area contributed by atoms with Gasteiger partial charge in [0.1, 0.15) is 23.5 Å². The third-order valence-corrected chi connectivity index (χ3v) is 7.06. The Morgan fingerprint density at radius 2 is 1.77 bits per heavy atom. The summed E-state index contributed by atoms with van der Waals surface area (Å²) in [6, 6.07) is 4.35. The summed E-state index contributed by atoms with van der Waals surface area (Å²) >= 11 is 12.5. The lowest BCUT2D eigenvalue weighted by molar-refractivity contribution is -0.303. The number of aliphatic imine (C=N–C) groups is 1. The molecule has 44 heavy (non-hydrogen) atoms. The van der Waals surface area contributed by atoms with E-state index in [2.05, 4.69) is 24.0 Å². The van der Waals surface area contributed by atoms with Crippen molar-refractivity contribution in [3.8, 4) is 0 Å². The number of halogens is 5. The van der Waals surface area contributed by atoms with Gasteiger partial charge in [-0.15, -0.1) is 13.2 Å². The topological polar surface area (TPSA) is 60.4 Å². The van der Waals surface area contributed by atoms with Gasteiger partial charge in [-0.1, -0.05) is 83.1 Å². The molecule has 3 atom stereocenters. The molecule has 3 rings (SSSR count). The van der Waals surface area contributed by atoms with Gasteiger partial charge in [-0.05, 0) is 68.6 Å². The number of benzene rings is 1. The standard InChI is InChI=1S/C29H33Cl2F3N2O4.2C2H6/c1-6-36(24(27(37)38-7-2)18(3)10-11-19(4)39-29(32,33)34)14-12-28(5)26-23(9-8-13-35-26)25(40-28)20-15-21(30)17-22(31)16-20;2*1-2/h9-11,15-17,24-25H,3-4,6-8,12-14H2,1-2,5H3;2*1-2H3/b11-10-;;. The molecule has 1 fully saturated rings. The van der Waals surface area contributed by atoms with Crippen LogP contribution in [-0.4, -0.2) is 60.8 Å². The van der Waals surface area contributed by atoms with Crippen LogP contribution in [0.4, 0.5) is 13.2 Å². The fraction of sp³-hybridized carbons (Fsp3) is 0.515. The van der Waals surface area contributed by atoms with Gasteiger partial charge in [0.15, 0.2) is 0 Å². The average Bonchev–Trinajstić information content (AvgIpc) is 3.27. The number of fused-ring (bicyclic) bond motifs is 1. The van der Waals surface area contributed by atoms with Crippen LogP contribution in [0.2, 0.25) is 10.0 Å². The van der Waals surface area contributed by atoms with E-state index in [-0.39, 0.29) is 12.2 Å². The van der Waals surface area contributed by atoms with Gasteiger partial charge in [-0.2, -0.15) is 0 Å². The van der Waals surface area contributed by atoms with Crippen LogP contribution in [0.25, 0.3) is 0 Å². The maximum Gasteiger partial charge on any atom is 0.573 e. The quantitative estimate of drug-likeness (QED) is 0.127. The van der Waals surface area contributed by atoms with Gasteiger partial charge >= 0.3 is 12.3 Å². The smallest absolute Gasteiger partial charge is 0.465 e. The molecule has 2 aliphatic heterocycles. The highest BCUT2D eigenvalue weighted by Gasteiger charge is 2.47. The minimum absolute atomic E-state index is 0.128. The molecule has 0 N–H and O–H groups in total. The largest absolute Gasteiger partial charge is 0.573 e. The van der Waals surface area contributed by atoms with Crippen LogP contribution < -0.4 is 0 Å². The van der Waals surface area contributed by atoms with Crippen LogP contribution in [0, 0.1) is 0 Å². The molecule has 1 aromatic rings. The van der Waals surface area contributed by atoms with E-state index in [9.17, 15) is 18.0 Å². The summed E-state index contributed by atoms with van der Waals surface area (Å²) in [7, 11) is 0. The number of ether oxygens (including phenoxy) is 3. The Balaban J connectivity index is 0.00000232. The molecule has 0 amide bonds. The number of hydrogen-bond acceptors (Lipinski definition) is 6. The lowest BCUT2D eigenvalue weighted by Crippen LogP contribution is -2.46. The first-order chi connectivity index (χ1) is 20.8. The fourth-order valence-electron chi connectivity index (χ4n) is 4.88. The second-order valence-corrected chi connectivity index (χ2v) is 10.4. The van der Waals surface area contributed by atoms with E-state index in [1.54, 1.807) is 13.0 Å². The maximum absolute atomic E-state index is 13.0. The summed E-state index contributed by atoms with van der Waals surface area (Å²) in [5, 5.41) is 0.998. The third-order valence-electron chi connectivity index (χ3n) is 6.62. The van der Waals surface area contributed by atoms with Crippen molar-refractivity contribution in [3.63, 3.8) is 0 Å². The van der Waals surface area contributed by atoms with Crippen LogP contribution >= 0.6 is 23.2 Å². The number of nitrogens with zero attached hydrogens (tertiary/aromatic N) is 2. The third kappa shape index (κ3) is 11.1. The van der Waals surface area contributed by atoms with Gasteiger partial charge in [-0.25, -0.2) is 4.79 Å². The van der Waals surface area contributed by atoms with Crippen molar-refractivity contribution in [2.45, 2.75) is 85.4 Å². The molecule has 0 saturated carbocycles. The van der Waals surface area contributed by atoms with Crippen LogP contribution in [0.3, 0.4) is 0 Å². The van der Waals surface area contributed by atoms with E-state index in [4.69, 9.17) is 37.7 Å². The summed E-state index contributed by atoms with van der Waals surface area (Å²) in [5.41, 5.74) is 2.06. The first-order valence-electron chi connectivity index (χ1n) is 14.9. The highest BCUT2D eigenvalue weighted by molar-refractivity contribution is 6.34. The Labute approximate surface area is 270 Å². The van der Waals surface area contributed by atoms with Crippen molar-refractivity contribution in [1.29, 1.82) is 0 Å². The zero-order valence-corrected chi connectivity index (χ0v) is 28.2. The molecular formula is C33H45Cl2F3N2O4. The second-order valence-electron chi connectivity index (χ2n) is 9.57. The molecular weight excluding hydrogens is 616 g/mol. The molecule has 11 heteroatoms. The highest BCUT2D eigenvalue weighted by Crippen LogP contribution is 2.45. The molecule has 3 unspecified atom stereocenters. The van der Waals surface area contributed by atoms with E-state index in [0.29, 0.717) is 36.1 Å². The number of alkyl halides is 3. The van der Waals surface area contributed by atoms with Gasteiger partial charge in [0.05, 0.1) is 12.3 Å². The van der Waals surface area contributed by atoms with Gasteiger partial charge in [-0.3, -0.25) is 9.89 Å². The monoisotopic (exact) mass is 660 g/mol. The Morgan fingerprint density at radius 3 is 2.32 bits per heavy atom. The zero-order valence-electron chi connectivity index (χ0n) is 26.7. The number of carbonyl (C=O) groups is 1. The van der Waals surface area contributed by atoms with E-state index >= 15 is 0 Å². The van der Waals surface area contributed by atoms with Gasteiger partial charge in [0, 0.05) is 28.7 Å². The number of hydrogen-bond donors (Lipinski definition) is 0. The molecule has 0 bridgehead atoms. The zero-order chi connectivity index (χ0) is 33.7. The molecule has 0 radical (unpaired) electrons. The summed E-state index contributed by atoms with van der Waals surface area (Å²) in [6.45, 7) is 22.2. The van der Waals surface area contributed by atoms with Crippen molar-refractivity contribution in [1.82, 2.24) is 4.90 Å². The molecule has 1 saturated heterocycles. The number of allylic oxidation sites excluding steroid dienone is 1. The molecule has 1 aromatic carbocycles. The number of likely N-dealkylation sites (N-methyl/N-ethyl adjacent to an activating group) is 1. The molecule has 2 heterocycles. The van der Waals surface area contributed by atoms with Gasteiger partial charge in [0.2, 0.25) is 0 Å². The summed E-state index contributed by atoms with van der Waals surface area (Å²) in [5.74, 6) is -1.20. The average molecular weight is 662 g/mol. The number of carbonyl (C=O) groups excluding carboxylic acids is 1. The Bertz CT molecular complexity index is 1210.